The standard InChI is InChI=1S/C19H21N3O2S2/c1-14(2)21-13-18(19(20-21)17-10-6-12-25-17)26(23,24)22-11-5-8-15-7-3-4-9-16(15)22/h3-4,6-7,9-10,12-14H,5,8,11H2,1-2H3. The van der Waals surface area contributed by atoms with E-state index in [4.69, 9.17) is 0 Å². The lowest BCUT2D eigenvalue weighted by Crippen LogP contribution is -2.35. The Hall–Kier alpha value is -2.12. The van der Waals surface area contributed by atoms with Crippen molar-refractivity contribution >= 4 is 27.0 Å². The Morgan fingerprint density at radius 1 is 1.15 bits per heavy atom. The third-order valence-corrected chi connectivity index (χ3v) is 7.31. The summed E-state index contributed by atoms with van der Waals surface area (Å²) in [7, 11) is -3.69. The number of aromatic nitrogens is 2. The highest BCUT2D eigenvalue weighted by Crippen LogP contribution is 2.36. The molecule has 0 unspecified atom stereocenters. The molecule has 1 aliphatic heterocycles. The molecule has 7 heteroatoms. The molecule has 0 fully saturated rings. The summed E-state index contributed by atoms with van der Waals surface area (Å²) in [6.07, 6.45) is 3.40. The van der Waals surface area contributed by atoms with Gasteiger partial charge in [0.1, 0.15) is 10.6 Å². The molecule has 1 aliphatic rings. The van der Waals surface area contributed by atoms with Gasteiger partial charge in [-0.1, -0.05) is 24.3 Å². The quantitative estimate of drug-likeness (QED) is 0.669. The van der Waals surface area contributed by atoms with E-state index in [1.807, 2.05) is 55.6 Å². The Morgan fingerprint density at radius 3 is 2.69 bits per heavy atom. The zero-order chi connectivity index (χ0) is 18.3. The number of thiophene rings is 1. The van der Waals surface area contributed by atoms with E-state index in [0.29, 0.717) is 12.2 Å². The maximum absolute atomic E-state index is 13.6. The van der Waals surface area contributed by atoms with E-state index in [1.165, 1.54) is 11.3 Å². The van der Waals surface area contributed by atoms with Crippen LogP contribution in [0.1, 0.15) is 31.9 Å². The van der Waals surface area contributed by atoms with Crippen LogP contribution < -0.4 is 4.31 Å². The third-order valence-electron chi connectivity index (χ3n) is 4.62. The molecule has 1 aromatic carbocycles. The first kappa shape index (κ1) is 17.3. The fourth-order valence-electron chi connectivity index (χ4n) is 3.28. The van der Waals surface area contributed by atoms with Crippen LogP contribution in [0, 0.1) is 0 Å². The molecule has 0 atom stereocenters. The van der Waals surface area contributed by atoms with Gasteiger partial charge in [0.15, 0.2) is 0 Å². The number of nitrogens with zero attached hydrogens (tertiary/aromatic N) is 3. The van der Waals surface area contributed by atoms with E-state index in [1.54, 1.807) is 15.2 Å². The lowest BCUT2D eigenvalue weighted by molar-refractivity contribution is 0.532. The van der Waals surface area contributed by atoms with Gasteiger partial charge in [-0.15, -0.1) is 11.3 Å². The third kappa shape index (κ3) is 2.85. The van der Waals surface area contributed by atoms with Crippen LogP contribution in [0.5, 0.6) is 0 Å². The number of sulfonamides is 1. The number of aryl methyl sites for hydroxylation is 1. The maximum Gasteiger partial charge on any atom is 0.268 e. The van der Waals surface area contributed by atoms with Gasteiger partial charge in [-0.2, -0.15) is 5.10 Å². The van der Waals surface area contributed by atoms with E-state index in [9.17, 15) is 8.42 Å². The normalized spacial score (nSPS) is 14.7. The fourth-order valence-corrected chi connectivity index (χ4v) is 5.75. The molecular formula is C19H21N3O2S2. The molecule has 0 radical (unpaired) electrons. The van der Waals surface area contributed by atoms with Crippen LogP contribution in [0.15, 0.2) is 52.9 Å². The molecule has 0 spiro atoms. The van der Waals surface area contributed by atoms with Gasteiger partial charge in [0.25, 0.3) is 10.0 Å². The predicted octanol–water partition coefficient (Wildman–Crippen LogP) is 4.33. The van der Waals surface area contributed by atoms with Crippen molar-refractivity contribution in [3.8, 4) is 10.6 Å². The van der Waals surface area contributed by atoms with E-state index >= 15 is 0 Å². The molecule has 0 saturated carbocycles. The van der Waals surface area contributed by atoms with Crippen molar-refractivity contribution in [1.29, 1.82) is 0 Å². The van der Waals surface area contributed by atoms with Gasteiger partial charge in [-0.3, -0.25) is 8.99 Å². The van der Waals surface area contributed by atoms with E-state index in [-0.39, 0.29) is 10.9 Å². The Kier molecular flexibility index (Phi) is 4.36. The van der Waals surface area contributed by atoms with Crippen LogP contribution in [0.2, 0.25) is 0 Å². The molecule has 0 amide bonds. The van der Waals surface area contributed by atoms with Crippen molar-refractivity contribution in [2.45, 2.75) is 37.6 Å². The van der Waals surface area contributed by atoms with Crippen LogP contribution in [0.4, 0.5) is 5.69 Å². The molecule has 0 aliphatic carbocycles. The molecule has 3 heterocycles. The summed E-state index contributed by atoms with van der Waals surface area (Å²) >= 11 is 1.50. The number of hydrogen-bond acceptors (Lipinski definition) is 4. The highest BCUT2D eigenvalue weighted by Gasteiger charge is 2.33. The molecule has 4 rings (SSSR count). The maximum atomic E-state index is 13.6. The van der Waals surface area contributed by atoms with Crippen LogP contribution in [-0.4, -0.2) is 24.7 Å². The number of fused-ring (bicyclic) bond motifs is 1. The second-order valence-electron chi connectivity index (χ2n) is 6.70. The predicted molar refractivity (Wildman–Crippen MR) is 105 cm³/mol. The fraction of sp³-hybridized carbons (Fsp3) is 0.316. The average molecular weight is 388 g/mol. The van der Waals surface area contributed by atoms with Crippen molar-refractivity contribution in [2.24, 2.45) is 0 Å². The molecule has 0 N–H and O–H groups in total. The molecular weight excluding hydrogens is 366 g/mol. The Labute approximate surface area is 157 Å². The van der Waals surface area contributed by atoms with E-state index in [2.05, 4.69) is 5.10 Å². The highest BCUT2D eigenvalue weighted by molar-refractivity contribution is 7.93. The van der Waals surface area contributed by atoms with Gasteiger partial charge in [-0.05, 0) is 49.8 Å². The Balaban J connectivity index is 1.87. The smallest absolute Gasteiger partial charge is 0.268 e. The van der Waals surface area contributed by atoms with Crippen LogP contribution >= 0.6 is 11.3 Å². The molecule has 0 saturated heterocycles. The molecule has 26 heavy (non-hydrogen) atoms. The van der Waals surface area contributed by atoms with Crippen molar-refractivity contribution < 1.29 is 8.42 Å². The molecule has 5 nitrogen and oxygen atoms in total. The summed E-state index contributed by atoms with van der Waals surface area (Å²) < 4.78 is 30.4. The SMILES string of the molecule is CC(C)n1cc(S(=O)(=O)N2CCCc3ccccc32)c(-c2cccs2)n1. The Morgan fingerprint density at radius 2 is 1.96 bits per heavy atom. The summed E-state index contributed by atoms with van der Waals surface area (Å²) in [6.45, 7) is 4.49. The highest BCUT2D eigenvalue weighted by atomic mass is 32.2. The van der Waals surface area contributed by atoms with Crippen LogP contribution in [0.3, 0.4) is 0 Å². The number of benzene rings is 1. The van der Waals surface area contributed by atoms with Gasteiger partial charge in [-0.25, -0.2) is 8.42 Å². The van der Waals surface area contributed by atoms with E-state index < -0.39 is 10.0 Å². The van der Waals surface area contributed by atoms with Gasteiger partial charge in [0.05, 0.1) is 10.6 Å². The van der Waals surface area contributed by atoms with Crippen molar-refractivity contribution in [1.82, 2.24) is 9.78 Å². The first-order valence-electron chi connectivity index (χ1n) is 8.72. The minimum Gasteiger partial charge on any atom is -0.268 e. The molecule has 0 bridgehead atoms. The lowest BCUT2D eigenvalue weighted by atomic mass is 10.0. The largest absolute Gasteiger partial charge is 0.268 e. The van der Waals surface area contributed by atoms with E-state index in [0.717, 1.165) is 29.0 Å². The topological polar surface area (TPSA) is 55.2 Å². The number of rotatable bonds is 4. The second-order valence-corrected chi connectivity index (χ2v) is 9.48. The summed E-state index contributed by atoms with van der Waals surface area (Å²) in [5.41, 5.74) is 2.40. The second kappa shape index (κ2) is 6.55. The molecule has 2 aromatic heterocycles. The molecule has 3 aromatic rings. The van der Waals surface area contributed by atoms with Gasteiger partial charge < -0.3 is 0 Å². The lowest BCUT2D eigenvalue weighted by Gasteiger charge is -2.30. The van der Waals surface area contributed by atoms with Crippen molar-refractivity contribution in [2.75, 3.05) is 10.8 Å². The van der Waals surface area contributed by atoms with Crippen LogP contribution in [0.25, 0.3) is 10.6 Å². The minimum atomic E-state index is -3.69. The Bertz CT molecular complexity index is 1020. The zero-order valence-electron chi connectivity index (χ0n) is 14.8. The van der Waals surface area contributed by atoms with Crippen molar-refractivity contribution in [3.05, 3.63) is 53.5 Å². The first-order chi connectivity index (χ1) is 12.5. The average Bonchev–Trinajstić information content (AvgIpc) is 3.30. The van der Waals surface area contributed by atoms with Crippen LogP contribution in [-0.2, 0) is 16.4 Å². The number of hydrogen-bond donors (Lipinski definition) is 0. The summed E-state index contributed by atoms with van der Waals surface area (Å²) in [5, 5.41) is 6.53. The van der Waals surface area contributed by atoms with Crippen molar-refractivity contribution in [3.63, 3.8) is 0 Å². The minimum absolute atomic E-state index is 0.0892. The summed E-state index contributed by atoms with van der Waals surface area (Å²) in [6, 6.07) is 11.7. The van der Waals surface area contributed by atoms with Gasteiger partial charge in [0, 0.05) is 18.8 Å². The monoisotopic (exact) mass is 387 g/mol. The van der Waals surface area contributed by atoms with Gasteiger partial charge >= 0.3 is 0 Å². The summed E-state index contributed by atoms with van der Waals surface area (Å²) in [4.78, 5) is 1.15. The number of anilines is 1. The zero-order valence-corrected chi connectivity index (χ0v) is 16.4. The van der Waals surface area contributed by atoms with Gasteiger partial charge in [0.2, 0.25) is 0 Å². The number of para-hydroxylation sites is 1. The summed E-state index contributed by atoms with van der Waals surface area (Å²) in [5.74, 6) is 0. The first-order valence-corrected chi connectivity index (χ1v) is 11.0. The molecule has 136 valence electrons.